The highest BCUT2D eigenvalue weighted by Gasteiger charge is 2.21. The number of rotatable bonds is 7. The van der Waals surface area contributed by atoms with Crippen molar-refractivity contribution in [1.29, 1.82) is 0 Å². The number of halogens is 3. The molecule has 2 saturated heterocycles. The maximum atomic E-state index is 13.8. The van der Waals surface area contributed by atoms with Gasteiger partial charge in [-0.15, -0.1) is 0 Å². The number of aryl methyl sites for hydroxylation is 1. The quantitative estimate of drug-likeness (QED) is 0.660. The molecule has 0 aliphatic carbocycles. The molecule has 0 N–H and O–H groups in total. The molecule has 170 valence electrons. The van der Waals surface area contributed by atoms with Crippen LogP contribution in [0, 0.1) is 12.7 Å². The van der Waals surface area contributed by atoms with Gasteiger partial charge in [-0.3, -0.25) is 9.80 Å². The zero-order chi connectivity index (χ0) is 21.8. The number of morpholine rings is 1. The molecule has 0 spiro atoms. The monoisotopic (exact) mass is 439 g/mol. The summed E-state index contributed by atoms with van der Waals surface area (Å²) in [6, 6.07) is 5.82. The predicted molar refractivity (Wildman–Crippen MR) is 111 cm³/mol. The molecule has 0 bridgehead atoms. The first-order chi connectivity index (χ1) is 15.0. The molecular weight excluding hydrogens is 411 g/mol. The first-order valence-electron chi connectivity index (χ1n) is 10.6. The van der Waals surface area contributed by atoms with Crippen LogP contribution < -0.4 is 9.64 Å². The summed E-state index contributed by atoms with van der Waals surface area (Å²) in [5, 5.41) is 4.63. The van der Waals surface area contributed by atoms with Crippen molar-refractivity contribution in [3.05, 3.63) is 35.8 Å². The van der Waals surface area contributed by atoms with Gasteiger partial charge in [-0.1, -0.05) is 0 Å². The summed E-state index contributed by atoms with van der Waals surface area (Å²) in [5.41, 5.74) is 1.31. The lowest BCUT2D eigenvalue weighted by Gasteiger charge is -2.36. The van der Waals surface area contributed by atoms with E-state index in [4.69, 9.17) is 4.74 Å². The van der Waals surface area contributed by atoms with Gasteiger partial charge < -0.3 is 14.4 Å². The third-order valence-corrected chi connectivity index (χ3v) is 5.78. The molecule has 1 aromatic carbocycles. The van der Waals surface area contributed by atoms with E-state index in [1.54, 1.807) is 4.68 Å². The van der Waals surface area contributed by atoms with Crippen LogP contribution in [0.4, 0.5) is 19.0 Å². The lowest BCUT2D eigenvalue weighted by Crippen LogP contribution is -2.49. The van der Waals surface area contributed by atoms with E-state index in [1.165, 1.54) is 12.1 Å². The van der Waals surface area contributed by atoms with E-state index in [1.807, 2.05) is 13.0 Å². The van der Waals surface area contributed by atoms with Gasteiger partial charge in [-0.05, 0) is 19.1 Å². The fraction of sp³-hybridized carbons (Fsp3) is 0.571. The standard InChI is InChI=1S/C21H28F3N5O2/c1-16-14-20(25-29(16)17-2-3-18(22)19(15-17)31-21(23)24)28-8-6-26(7-9-28)4-5-27-10-12-30-13-11-27/h2-3,14-15,21H,4-13H2,1H3. The zero-order valence-electron chi connectivity index (χ0n) is 17.6. The molecule has 0 saturated carbocycles. The first kappa shape index (κ1) is 21.9. The van der Waals surface area contributed by atoms with E-state index in [0.29, 0.717) is 5.69 Å². The number of aromatic nitrogens is 2. The number of anilines is 1. The number of piperazine rings is 1. The van der Waals surface area contributed by atoms with Crippen LogP contribution >= 0.6 is 0 Å². The summed E-state index contributed by atoms with van der Waals surface area (Å²) in [6.45, 7) is 8.19. The van der Waals surface area contributed by atoms with Crippen molar-refractivity contribution in [2.45, 2.75) is 13.5 Å². The molecule has 2 aromatic rings. The molecule has 1 aromatic heterocycles. The molecule has 2 aliphatic heterocycles. The minimum Gasteiger partial charge on any atom is -0.432 e. The summed E-state index contributed by atoms with van der Waals surface area (Å²) in [5.74, 6) is -0.494. The number of hydrogen-bond donors (Lipinski definition) is 0. The normalized spacial score (nSPS) is 18.7. The predicted octanol–water partition coefficient (Wildman–Crippen LogP) is 2.38. The molecule has 31 heavy (non-hydrogen) atoms. The second kappa shape index (κ2) is 9.88. The molecule has 10 heteroatoms. The van der Waals surface area contributed by atoms with E-state index in [2.05, 4.69) is 24.5 Å². The Bertz CT molecular complexity index is 865. The van der Waals surface area contributed by atoms with Crippen molar-refractivity contribution in [2.24, 2.45) is 0 Å². The Morgan fingerprint density at radius 2 is 1.68 bits per heavy atom. The molecule has 0 atom stereocenters. The smallest absolute Gasteiger partial charge is 0.387 e. The van der Waals surface area contributed by atoms with Crippen molar-refractivity contribution in [3.63, 3.8) is 0 Å². The van der Waals surface area contributed by atoms with Crippen molar-refractivity contribution in [3.8, 4) is 11.4 Å². The van der Waals surface area contributed by atoms with Gasteiger partial charge in [-0.25, -0.2) is 9.07 Å². The fourth-order valence-corrected chi connectivity index (χ4v) is 3.99. The van der Waals surface area contributed by atoms with Crippen molar-refractivity contribution in [2.75, 3.05) is 70.5 Å². The summed E-state index contributed by atoms with van der Waals surface area (Å²) in [7, 11) is 0. The Kier molecular flexibility index (Phi) is 6.99. The van der Waals surface area contributed by atoms with Crippen LogP contribution in [0.1, 0.15) is 5.69 Å². The topological polar surface area (TPSA) is 46.0 Å². The van der Waals surface area contributed by atoms with Crippen LogP contribution in [0.3, 0.4) is 0 Å². The van der Waals surface area contributed by atoms with Gasteiger partial charge >= 0.3 is 6.61 Å². The highest BCUT2D eigenvalue weighted by Crippen LogP contribution is 2.25. The van der Waals surface area contributed by atoms with Gasteiger partial charge in [0.1, 0.15) is 0 Å². The van der Waals surface area contributed by atoms with Gasteiger partial charge in [-0.2, -0.15) is 13.9 Å². The van der Waals surface area contributed by atoms with Crippen molar-refractivity contribution in [1.82, 2.24) is 19.6 Å². The fourth-order valence-electron chi connectivity index (χ4n) is 3.99. The molecule has 4 rings (SSSR count). The molecular formula is C21H28F3N5O2. The molecule has 2 fully saturated rings. The van der Waals surface area contributed by atoms with Gasteiger partial charge in [0.15, 0.2) is 17.4 Å². The minimum atomic E-state index is -3.08. The number of ether oxygens (including phenoxy) is 2. The van der Waals surface area contributed by atoms with E-state index in [0.717, 1.165) is 83.1 Å². The van der Waals surface area contributed by atoms with Crippen molar-refractivity contribution < 1.29 is 22.6 Å². The summed E-state index contributed by atoms with van der Waals surface area (Å²) < 4.78 is 50.1. The Labute approximate surface area is 179 Å². The number of alkyl halides is 2. The van der Waals surface area contributed by atoms with Crippen LogP contribution in [-0.2, 0) is 4.74 Å². The van der Waals surface area contributed by atoms with Crippen LogP contribution in [0.5, 0.6) is 5.75 Å². The van der Waals surface area contributed by atoms with Crippen LogP contribution in [-0.4, -0.2) is 91.8 Å². The largest absolute Gasteiger partial charge is 0.432 e. The lowest BCUT2D eigenvalue weighted by atomic mass is 10.3. The highest BCUT2D eigenvalue weighted by atomic mass is 19.3. The first-order valence-corrected chi connectivity index (χ1v) is 10.6. The number of benzene rings is 1. The number of hydrogen-bond acceptors (Lipinski definition) is 6. The van der Waals surface area contributed by atoms with Gasteiger partial charge in [0.2, 0.25) is 0 Å². The van der Waals surface area contributed by atoms with Crippen LogP contribution in [0.25, 0.3) is 5.69 Å². The summed E-state index contributed by atoms with van der Waals surface area (Å²) >= 11 is 0. The Morgan fingerprint density at radius 1 is 1.00 bits per heavy atom. The molecule has 0 amide bonds. The lowest BCUT2D eigenvalue weighted by molar-refractivity contribution is -0.0521. The Morgan fingerprint density at radius 3 is 2.35 bits per heavy atom. The SMILES string of the molecule is Cc1cc(N2CCN(CCN3CCOCC3)CC2)nn1-c1ccc(F)c(OC(F)F)c1. The maximum absolute atomic E-state index is 13.8. The Balaban J connectivity index is 1.36. The Hall–Kier alpha value is -2.30. The molecule has 0 radical (unpaired) electrons. The molecule has 3 heterocycles. The van der Waals surface area contributed by atoms with Crippen molar-refractivity contribution >= 4 is 5.82 Å². The highest BCUT2D eigenvalue weighted by molar-refractivity contribution is 5.46. The van der Waals surface area contributed by atoms with Crippen LogP contribution in [0.15, 0.2) is 24.3 Å². The van der Waals surface area contributed by atoms with Gasteiger partial charge in [0.05, 0.1) is 18.9 Å². The summed E-state index contributed by atoms with van der Waals surface area (Å²) in [6.07, 6.45) is 0. The molecule has 0 unspecified atom stereocenters. The van der Waals surface area contributed by atoms with Crippen LogP contribution in [0.2, 0.25) is 0 Å². The summed E-state index contributed by atoms with van der Waals surface area (Å²) in [4.78, 5) is 7.12. The van der Waals surface area contributed by atoms with E-state index in [-0.39, 0.29) is 0 Å². The zero-order valence-corrected chi connectivity index (χ0v) is 17.6. The molecule has 7 nitrogen and oxygen atoms in total. The second-order valence-electron chi connectivity index (χ2n) is 7.83. The second-order valence-corrected chi connectivity index (χ2v) is 7.83. The number of nitrogens with zero attached hydrogens (tertiary/aromatic N) is 5. The minimum absolute atomic E-state index is 0.477. The average Bonchev–Trinajstić information content (AvgIpc) is 3.16. The van der Waals surface area contributed by atoms with E-state index >= 15 is 0 Å². The van der Waals surface area contributed by atoms with Gasteiger partial charge in [0.25, 0.3) is 0 Å². The molecule has 2 aliphatic rings. The third kappa shape index (κ3) is 5.50. The average molecular weight is 439 g/mol. The third-order valence-electron chi connectivity index (χ3n) is 5.78. The van der Waals surface area contributed by atoms with E-state index < -0.39 is 18.2 Å². The van der Waals surface area contributed by atoms with E-state index in [9.17, 15) is 13.2 Å². The maximum Gasteiger partial charge on any atom is 0.387 e. The van der Waals surface area contributed by atoms with Gasteiger partial charge in [0, 0.05) is 70.2 Å².